The summed E-state index contributed by atoms with van der Waals surface area (Å²) in [5.74, 6) is 1.70. The first-order valence-corrected chi connectivity index (χ1v) is 7.61. The van der Waals surface area contributed by atoms with Crippen LogP contribution in [0.4, 0.5) is 4.39 Å². The molecule has 0 unspecified atom stereocenters. The summed E-state index contributed by atoms with van der Waals surface area (Å²) in [4.78, 5) is 0. The Morgan fingerprint density at radius 1 is 0.957 bits per heavy atom. The lowest BCUT2D eigenvalue weighted by Crippen LogP contribution is -2.12. The molecule has 0 fully saturated rings. The number of hydrogen-bond donors (Lipinski definition) is 1. The summed E-state index contributed by atoms with van der Waals surface area (Å²) >= 11 is 0. The molecular weight excluding hydrogens is 297 g/mol. The average molecular weight is 319 g/mol. The summed E-state index contributed by atoms with van der Waals surface area (Å²) in [5, 5.41) is 3.27. The van der Waals surface area contributed by atoms with Crippen LogP contribution >= 0.6 is 0 Å². The number of ether oxygens (including phenoxy) is 3. The van der Waals surface area contributed by atoms with Crippen molar-refractivity contribution in [2.75, 3.05) is 26.9 Å². The van der Waals surface area contributed by atoms with Crippen LogP contribution in [0.15, 0.2) is 42.5 Å². The van der Waals surface area contributed by atoms with Crippen LogP contribution in [0.2, 0.25) is 0 Å². The molecule has 23 heavy (non-hydrogen) atoms. The van der Waals surface area contributed by atoms with E-state index in [1.165, 1.54) is 12.1 Å². The molecule has 0 aromatic heterocycles. The van der Waals surface area contributed by atoms with E-state index in [4.69, 9.17) is 14.2 Å². The molecule has 0 bridgehead atoms. The molecule has 0 aliphatic rings. The topological polar surface area (TPSA) is 39.7 Å². The van der Waals surface area contributed by atoms with Gasteiger partial charge in [0.05, 0.1) is 7.11 Å². The lowest BCUT2D eigenvalue weighted by molar-refractivity contribution is 0.211. The van der Waals surface area contributed by atoms with Crippen LogP contribution < -0.4 is 19.5 Å². The van der Waals surface area contributed by atoms with E-state index in [0.717, 1.165) is 18.7 Å². The van der Waals surface area contributed by atoms with Gasteiger partial charge in [0.25, 0.3) is 0 Å². The van der Waals surface area contributed by atoms with Crippen LogP contribution in [0.25, 0.3) is 0 Å². The largest absolute Gasteiger partial charge is 0.493 e. The Kier molecular flexibility index (Phi) is 6.69. The number of halogens is 1. The van der Waals surface area contributed by atoms with E-state index < -0.39 is 0 Å². The van der Waals surface area contributed by atoms with Crippen LogP contribution in [0.3, 0.4) is 0 Å². The van der Waals surface area contributed by atoms with Crippen LogP contribution in [0, 0.1) is 5.82 Å². The first kappa shape index (κ1) is 17.1. The van der Waals surface area contributed by atoms with E-state index in [9.17, 15) is 4.39 Å². The Balaban J connectivity index is 1.86. The number of rotatable bonds is 9. The van der Waals surface area contributed by atoms with Crippen LogP contribution in [-0.2, 0) is 6.54 Å². The molecule has 0 radical (unpaired) electrons. The average Bonchev–Trinajstić information content (AvgIpc) is 2.58. The first-order chi connectivity index (χ1) is 11.2. The summed E-state index contributed by atoms with van der Waals surface area (Å²) in [6.07, 6.45) is 0. The van der Waals surface area contributed by atoms with Gasteiger partial charge in [0.1, 0.15) is 24.8 Å². The van der Waals surface area contributed by atoms with Gasteiger partial charge >= 0.3 is 0 Å². The molecule has 0 aliphatic heterocycles. The molecule has 0 atom stereocenters. The van der Waals surface area contributed by atoms with Crippen molar-refractivity contribution in [3.63, 3.8) is 0 Å². The summed E-state index contributed by atoms with van der Waals surface area (Å²) in [7, 11) is 1.61. The summed E-state index contributed by atoms with van der Waals surface area (Å²) in [6.45, 7) is 4.50. The molecule has 2 aromatic carbocycles. The van der Waals surface area contributed by atoms with Gasteiger partial charge < -0.3 is 19.5 Å². The van der Waals surface area contributed by atoms with Gasteiger partial charge in [-0.3, -0.25) is 0 Å². The van der Waals surface area contributed by atoms with Gasteiger partial charge in [-0.15, -0.1) is 0 Å². The van der Waals surface area contributed by atoms with Crippen molar-refractivity contribution < 1.29 is 18.6 Å². The van der Waals surface area contributed by atoms with Gasteiger partial charge in [-0.25, -0.2) is 4.39 Å². The van der Waals surface area contributed by atoms with Crippen molar-refractivity contribution in [3.05, 3.63) is 53.8 Å². The minimum absolute atomic E-state index is 0.282. The highest BCUT2D eigenvalue weighted by Gasteiger charge is 2.06. The van der Waals surface area contributed by atoms with Crippen LogP contribution in [-0.4, -0.2) is 26.9 Å². The lowest BCUT2D eigenvalue weighted by Gasteiger charge is -2.13. The Labute approximate surface area is 136 Å². The van der Waals surface area contributed by atoms with Crippen molar-refractivity contribution in [1.29, 1.82) is 0 Å². The molecule has 2 rings (SSSR count). The quantitative estimate of drug-likeness (QED) is 0.719. The fraction of sp³-hybridized carbons (Fsp3) is 0.333. The Hall–Kier alpha value is -2.27. The first-order valence-electron chi connectivity index (χ1n) is 7.61. The van der Waals surface area contributed by atoms with Crippen LogP contribution in [0.5, 0.6) is 17.2 Å². The normalized spacial score (nSPS) is 10.4. The standard InChI is InChI=1S/C18H22FNO3/c1-3-20-13-14-4-9-17(21-2)18(12-14)23-11-10-22-16-7-5-15(19)6-8-16/h4-9,12,20H,3,10-11,13H2,1-2H3. The summed E-state index contributed by atoms with van der Waals surface area (Å²) < 4.78 is 29.4. The third-order valence-corrected chi connectivity index (χ3v) is 3.23. The fourth-order valence-electron chi connectivity index (χ4n) is 2.06. The molecule has 0 saturated carbocycles. The van der Waals surface area contributed by atoms with Crippen molar-refractivity contribution in [2.24, 2.45) is 0 Å². The Morgan fingerprint density at radius 2 is 1.70 bits per heavy atom. The molecule has 1 N–H and O–H groups in total. The van der Waals surface area contributed by atoms with E-state index in [1.807, 2.05) is 18.2 Å². The molecular formula is C18H22FNO3. The highest BCUT2D eigenvalue weighted by Crippen LogP contribution is 2.28. The van der Waals surface area contributed by atoms with Crippen molar-refractivity contribution >= 4 is 0 Å². The zero-order valence-corrected chi connectivity index (χ0v) is 13.5. The maximum Gasteiger partial charge on any atom is 0.161 e. The monoisotopic (exact) mass is 319 g/mol. The number of hydrogen-bond acceptors (Lipinski definition) is 4. The molecule has 0 aliphatic carbocycles. The maximum absolute atomic E-state index is 12.8. The summed E-state index contributed by atoms with van der Waals surface area (Å²) in [6, 6.07) is 11.8. The second-order valence-corrected chi connectivity index (χ2v) is 4.92. The number of methoxy groups -OCH3 is 1. The zero-order chi connectivity index (χ0) is 16.5. The van der Waals surface area contributed by atoms with E-state index in [2.05, 4.69) is 12.2 Å². The molecule has 0 spiro atoms. The van der Waals surface area contributed by atoms with Crippen molar-refractivity contribution in [3.8, 4) is 17.2 Å². The predicted octanol–water partition coefficient (Wildman–Crippen LogP) is 3.40. The second-order valence-electron chi connectivity index (χ2n) is 4.92. The minimum Gasteiger partial charge on any atom is -0.493 e. The third-order valence-electron chi connectivity index (χ3n) is 3.23. The Morgan fingerprint density at radius 3 is 2.39 bits per heavy atom. The van der Waals surface area contributed by atoms with E-state index in [1.54, 1.807) is 19.2 Å². The van der Waals surface area contributed by atoms with Crippen molar-refractivity contribution in [2.45, 2.75) is 13.5 Å². The van der Waals surface area contributed by atoms with E-state index >= 15 is 0 Å². The molecule has 0 saturated heterocycles. The fourth-order valence-corrected chi connectivity index (χ4v) is 2.06. The lowest BCUT2D eigenvalue weighted by atomic mass is 10.2. The van der Waals surface area contributed by atoms with Gasteiger partial charge in [0, 0.05) is 6.54 Å². The molecule has 124 valence electrons. The molecule has 0 amide bonds. The van der Waals surface area contributed by atoms with Crippen LogP contribution in [0.1, 0.15) is 12.5 Å². The van der Waals surface area contributed by atoms with Gasteiger partial charge in [-0.05, 0) is 48.5 Å². The highest BCUT2D eigenvalue weighted by molar-refractivity contribution is 5.43. The SMILES string of the molecule is CCNCc1ccc(OC)c(OCCOc2ccc(F)cc2)c1. The highest BCUT2D eigenvalue weighted by atomic mass is 19.1. The minimum atomic E-state index is -0.282. The Bertz CT molecular complexity index is 602. The maximum atomic E-state index is 12.8. The van der Waals surface area contributed by atoms with Gasteiger partial charge in [-0.2, -0.15) is 0 Å². The van der Waals surface area contributed by atoms with Gasteiger partial charge in [-0.1, -0.05) is 13.0 Å². The smallest absolute Gasteiger partial charge is 0.161 e. The number of nitrogens with one attached hydrogen (secondary N) is 1. The van der Waals surface area contributed by atoms with Gasteiger partial charge in [0.2, 0.25) is 0 Å². The van der Waals surface area contributed by atoms with E-state index in [0.29, 0.717) is 30.5 Å². The molecule has 0 heterocycles. The van der Waals surface area contributed by atoms with Gasteiger partial charge in [0.15, 0.2) is 11.5 Å². The zero-order valence-electron chi connectivity index (χ0n) is 13.5. The molecule has 4 nitrogen and oxygen atoms in total. The molecule has 5 heteroatoms. The number of benzene rings is 2. The third kappa shape index (κ3) is 5.45. The second kappa shape index (κ2) is 9.00. The van der Waals surface area contributed by atoms with E-state index in [-0.39, 0.29) is 5.82 Å². The van der Waals surface area contributed by atoms with Crippen molar-refractivity contribution in [1.82, 2.24) is 5.32 Å². The summed E-state index contributed by atoms with van der Waals surface area (Å²) in [5.41, 5.74) is 1.13. The predicted molar refractivity (Wildman–Crippen MR) is 87.8 cm³/mol. The molecule has 2 aromatic rings.